The van der Waals surface area contributed by atoms with E-state index in [0.29, 0.717) is 12.0 Å². The molecule has 0 saturated heterocycles. The Labute approximate surface area is 73.8 Å². The van der Waals surface area contributed by atoms with E-state index in [9.17, 15) is 0 Å². The van der Waals surface area contributed by atoms with E-state index in [2.05, 4.69) is 37.9 Å². The molecule has 0 aliphatic carbocycles. The molecular weight excluding hydrogens is 150 g/mol. The number of hydrogen-bond acceptors (Lipinski definition) is 2. The van der Waals surface area contributed by atoms with Gasteiger partial charge in [0.25, 0.3) is 0 Å². The number of hydrogen-bond donors (Lipinski definition) is 0. The average Bonchev–Trinajstić information content (AvgIpc) is 2.34. The van der Waals surface area contributed by atoms with Crippen molar-refractivity contribution in [1.82, 2.24) is 15.0 Å². The van der Waals surface area contributed by atoms with Gasteiger partial charge in [0.2, 0.25) is 0 Å². The Morgan fingerprint density at radius 1 is 1.33 bits per heavy atom. The van der Waals surface area contributed by atoms with Crippen LogP contribution in [0.3, 0.4) is 0 Å². The zero-order valence-corrected chi connectivity index (χ0v) is 8.28. The fourth-order valence-corrected chi connectivity index (χ4v) is 1.07. The summed E-state index contributed by atoms with van der Waals surface area (Å²) < 4.78 is 0. The summed E-state index contributed by atoms with van der Waals surface area (Å²) in [6.07, 6.45) is 2.88. The molecule has 1 aromatic heterocycles. The molecule has 1 heterocycles. The SMILES string of the molecule is CC(C)Cc1cnn(C(C)C)n1. The second-order valence-electron chi connectivity index (χ2n) is 3.85. The molecule has 0 amide bonds. The van der Waals surface area contributed by atoms with Crippen LogP contribution in [-0.4, -0.2) is 15.0 Å². The molecule has 0 aliphatic rings. The molecular formula is C9H17N3. The zero-order valence-electron chi connectivity index (χ0n) is 8.28. The van der Waals surface area contributed by atoms with E-state index >= 15 is 0 Å². The van der Waals surface area contributed by atoms with E-state index in [1.54, 1.807) is 4.80 Å². The van der Waals surface area contributed by atoms with Gasteiger partial charge in [-0.2, -0.15) is 15.0 Å². The summed E-state index contributed by atoms with van der Waals surface area (Å²) in [5.74, 6) is 0.655. The Bertz CT molecular complexity index is 238. The maximum Gasteiger partial charge on any atom is 0.0829 e. The van der Waals surface area contributed by atoms with Gasteiger partial charge in [0.05, 0.1) is 17.9 Å². The minimum absolute atomic E-state index is 0.367. The molecule has 0 radical (unpaired) electrons. The Balaban J connectivity index is 2.64. The van der Waals surface area contributed by atoms with E-state index in [1.807, 2.05) is 6.20 Å². The highest BCUT2D eigenvalue weighted by Crippen LogP contribution is 2.05. The van der Waals surface area contributed by atoms with Gasteiger partial charge in [0, 0.05) is 0 Å². The minimum atomic E-state index is 0.367. The van der Waals surface area contributed by atoms with Crippen molar-refractivity contribution in [2.75, 3.05) is 0 Å². The van der Waals surface area contributed by atoms with E-state index in [4.69, 9.17) is 0 Å². The van der Waals surface area contributed by atoms with Gasteiger partial charge in [-0.1, -0.05) is 13.8 Å². The van der Waals surface area contributed by atoms with Crippen LogP contribution in [0.15, 0.2) is 6.20 Å². The molecule has 3 heteroatoms. The minimum Gasteiger partial charge on any atom is -0.182 e. The third kappa shape index (κ3) is 2.32. The van der Waals surface area contributed by atoms with Crippen LogP contribution in [0.4, 0.5) is 0 Å². The van der Waals surface area contributed by atoms with Crippen LogP contribution in [0.1, 0.15) is 39.4 Å². The van der Waals surface area contributed by atoms with Crippen LogP contribution in [0, 0.1) is 5.92 Å². The molecule has 0 bridgehead atoms. The van der Waals surface area contributed by atoms with E-state index < -0.39 is 0 Å². The largest absolute Gasteiger partial charge is 0.182 e. The molecule has 1 rings (SSSR count). The molecule has 1 aromatic rings. The van der Waals surface area contributed by atoms with Crippen molar-refractivity contribution in [2.24, 2.45) is 5.92 Å². The summed E-state index contributed by atoms with van der Waals surface area (Å²) in [6.45, 7) is 8.54. The standard InChI is InChI=1S/C9H17N3/c1-7(2)5-9-6-10-12(11-9)8(3)4/h6-8H,5H2,1-4H3. The van der Waals surface area contributed by atoms with Crippen LogP contribution in [0.25, 0.3) is 0 Å². The quantitative estimate of drug-likeness (QED) is 0.690. The normalized spacial score (nSPS) is 11.5. The molecule has 0 aliphatic heterocycles. The molecule has 0 N–H and O–H groups in total. The van der Waals surface area contributed by atoms with Gasteiger partial charge < -0.3 is 0 Å². The van der Waals surface area contributed by atoms with Gasteiger partial charge in [-0.05, 0) is 26.2 Å². The molecule has 0 fully saturated rings. The van der Waals surface area contributed by atoms with Crippen molar-refractivity contribution in [3.63, 3.8) is 0 Å². The monoisotopic (exact) mass is 167 g/mol. The average molecular weight is 167 g/mol. The summed E-state index contributed by atoms with van der Waals surface area (Å²) in [6, 6.07) is 0.367. The fourth-order valence-electron chi connectivity index (χ4n) is 1.07. The molecule has 0 spiro atoms. The van der Waals surface area contributed by atoms with Gasteiger partial charge in [-0.15, -0.1) is 0 Å². The van der Waals surface area contributed by atoms with Crippen molar-refractivity contribution in [3.8, 4) is 0 Å². The van der Waals surface area contributed by atoms with Crippen molar-refractivity contribution in [1.29, 1.82) is 0 Å². The first-order valence-corrected chi connectivity index (χ1v) is 4.50. The Morgan fingerprint density at radius 3 is 2.42 bits per heavy atom. The zero-order chi connectivity index (χ0) is 9.14. The summed E-state index contributed by atoms with van der Waals surface area (Å²) in [4.78, 5) is 1.76. The predicted molar refractivity (Wildman–Crippen MR) is 48.9 cm³/mol. The molecule has 0 saturated carbocycles. The smallest absolute Gasteiger partial charge is 0.0829 e. The second-order valence-corrected chi connectivity index (χ2v) is 3.85. The Morgan fingerprint density at radius 2 is 2.00 bits per heavy atom. The molecule has 0 atom stereocenters. The van der Waals surface area contributed by atoms with Gasteiger partial charge in [-0.3, -0.25) is 0 Å². The van der Waals surface area contributed by atoms with Crippen molar-refractivity contribution < 1.29 is 0 Å². The van der Waals surface area contributed by atoms with E-state index in [1.165, 1.54) is 0 Å². The first-order valence-electron chi connectivity index (χ1n) is 4.50. The van der Waals surface area contributed by atoms with Crippen LogP contribution in [-0.2, 0) is 6.42 Å². The van der Waals surface area contributed by atoms with Crippen molar-refractivity contribution >= 4 is 0 Å². The highest BCUT2D eigenvalue weighted by atomic mass is 15.5. The lowest BCUT2D eigenvalue weighted by molar-refractivity contribution is 0.460. The highest BCUT2D eigenvalue weighted by molar-refractivity contribution is 4.92. The topological polar surface area (TPSA) is 30.7 Å². The molecule has 0 aromatic carbocycles. The molecule has 12 heavy (non-hydrogen) atoms. The van der Waals surface area contributed by atoms with Crippen LogP contribution in [0.5, 0.6) is 0 Å². The van der Waals surface area contributed by atoms with Gasteiger partial charge in [-0.25, -0.2) is 0 Å². The van der Waals surface area contributed by atoms with Gasteiger partial charge in [0.1, 0.15) is 0 Å². The summed E-state index contributed by atoms with van der Waals surface area (Å²) in [5, 5.41) is 8.53. The second kappa shape index (κ2) is 3.70. The highest BCUT2D eigenvalue weighted by Gasteiger charge is 2.04. The van der Waals surface area contributed by atoms with E-state index in [0.717, 1.165) is 12.1 Å². The third-order valence-electron chi connectivity index (χ3n) is 1.64. The van der Waals surface area contributed by atoms with Crippen LogP contribution >= 0.6 is 0 Å². The lowest BCUT2D eigenvalue weighted by Crippen LogP contribution is -2.05. The maximum absolute atomic E-state index is 4.36. The summed E-state index contributed by atoms with van der Waals surface area (Å²) in [7, 11) is 0. The summed E-state index contributed by atoms with van der Waals surface area (Å²) in [5.41, 5.74) is 1.10. The molecule has 0 unspecified atom stereocenters. The van der Waals surface area contributed by atoms with E-state index in [-0.39, 0.29) is 0 Å². The van der Waals surface area contributed by atoms with Gasteiger partial charge in [0.15, 0.2) is 0 Å². The number of nitrogens with zero attached hydrogens (tertiary/aromatic N) is 3. The lowest BCUT2D eigenvalue weighted by Gasteiger charge is -2.02. The van der Waals surface area contributed by atoms with Crippen molar-refractivity contribution in [3.05, 3.63) is 11.9 Å². The number of aromatic nitrogens is 3. The fraction of sp³-hybridized carbons (Fsp3) is 0.778. The Kier molecular flexibility index (Phi) is 2.84. The first-order chi connectivity index (χ1) is 5.59. The molecule has 3 nitrogen and oxygen atoms in total. The van der Waals surface area contributed by atoms with Crippen molar-refractivity contribution in [2.45, 2.75) is 40.2 Å². The maximum atomic E-state index is 4.36. The van der Waals surface area contributed by atoms with Crippen LogP contribution in [0.2, 0.25) is 0 Å². The predicted octanol–water partition coefficient (Wildman–Crippen LogP) is 2.06. The lowest BCUT2D eigenvalue weighted by atomic mass is 10.1. The Hall–Kier alpha value is -0.860. The van der Waals surface area contributed by atoms with Gasteiger partial charge >= 0.3 is 0 Å². The summed E-state index contributed by atoms with van der Waals surface area (Å²) >= 11 is 0. The molecule has 68 valence electrons. The third-order valence-corrected chi connectivity index (χ3v) is 1.64. The number of rotatable bonds is 3. The first kappa shape index (κ1) is 9.23. The van der Waals surface area contributed by atoms with Crippen LogP contribution < -0.4 is 0 Å².